The quantitative estimate of drug-likeness (QED) is 0.415. The zero-order valence-corrected chi connectivity index (χ0v) is 17.3. The second-order valence-corrected chi connectivity index (χ2v) is 6.93. The number of hydrogen-bond acceptors (Lipinski definition) is 4. The van der Waals surface area contributed by atoms with Gasteiger partial charge in [-0.25, -0.2) is 0 Å². The fourth-order valence-electron chi connectivity index (χ4n) is 2.54. The summed E-state index contributed by atoms with van der Waals surface area (Å²) in [7, 11) is 0. The Morgan fingerprint density at radius 3 is 2.17 bits per heavy atom. The standard InChI is InChI=1S/C22H18ClN3O3S/c23-18-12-6-4-10-16(18)20(27)24-22(30)26-25-21(28)17-11-5-7-13-19(17)29-14-15-8-2-1-3-9-15/h1-13H,14H2,(H,25,28)(H2,24,26,27,30). The summed E-state index contributed by atoms with van der Waals surface area (Å²) in [5.74, 6) is -0.529. The van der Waals surface area contributed by atoms with Crippen molar-refractivity contribution in [2.75, 3.05) is 0 Å². The van der Waals surface area contributed by atoms with Crippen LogP contribution in [-0.4, -0.2) is 16.9 Å². The number of ether oxygens (including phenoxy) is 1. The van der Waals surface area contributed by atoms with E-state index >= 15 is 0 Å². The van der Waals surface area contributed by atoms with Gasteiger partial charge in [-0.1, -0.05) is 66.2 Å². The third kappa shape index (κ3) is 5.79. The largest absolute Gasteiger partial charge is 0.488 e. The molecule has 6 nitrogen and oxygen atoms in total. The summed E-state index contributed by atoms with van der Waals surface area (Å²) in [6.45, 7) is 0.324. The number of hydrazine groups is 1. The molecular weight excluding hydrogens is 422 g/mol. The predicted molar refractivity (Wildman–Crippen MR) is 119 cm³/mol. The Kier molecular flexibility index (Phi) is 7.37. The van der Waals surface area contributed by atoms with Crippen molar-refractivity contribution in [1.82, 2.24) is 16.2 Å². The minimum Gasteiger partial charge on any atom is -0.488 e. The van der Waals surface area contributed by atoms with Crippen LogP contribution in [0.15, 0.2) is 78.9 Å². The highest BCUT2D eigenvalue weighted by Gasteiger charge is 2.14. The topological polar surface area (TPSA) is 79.5 Å². The molecule has 2 amide bonds. The van der Waals surface area contributed by atoms with Crippen LogP contribution in [0, 0.1) is 0 Å². The molecule has 3 rings (SSSR count). The van der Waals surface area contributed by atoms with Gasteiger partial charge in [-0.3, -0.25) is 25.8 Å². The van der Waals surface area contributed by atoms with Gasteiger partial charge in [0.15, 0.2) is 5.11 Å². The summed E-state index contributed by atoms with van der Waals surface area (Å²) in [5, 5.41) is 2.68. The van der Waals surface area contributed by atoms with E-state index in [4.69, 9.17) is 28.6 Å². The van der Waals surface area contributed by atoms with E-state index < -0.39 is 11.8 Å². The zero-order valence-electron chi connectivity index (χ0n) is 15.7. The van der Waals surface area contributed by atoms with Crippen LogP contribution in [0.2, 0.25) is 5.02 Å². The van der Waals surface area contributed by atoms with E-state index in [-0.39, 0.29) is 10.7 Å². The summed E-state index contributed by atoms with van der Waals surface area (Å²) < 4.78 is 5.78. The first kappa shape index (κ1) is 21.3. The van der Waals surface area contributed by atoms with Gasteiger partial charge in [-0.15, -0.1) is 0 Å². The van der Waals surface area contributed by atoms with E-state index in [0.29, 0.717) is 22.9 Å². The molecule has 0 unspecified atom stereocenters. The molecule has 0 aromatic heterocycles. The van der Waals surface area contributed by atoms with Crippen LogP contribution < -0.4 is 20.9 Å². The van der Waals surface area contributed by atoms with Crippen LogP contribution in [0.25, 0.3) is 0 Å². The highest BCUT2D eigenvalue weighted by atomic mass is 35.5. The monoisotopic (exact) mass is 439 g/mol. The van der Waals surface area contributed by atoms with Crippen molar-refractivity contribution in [1.29, 1.82) is 0 Å². The minimum absolute atomic E-state index is 0.0732. The molecule has 0 heterocycles. The SMILES string of the molecule is O=C(NC(=S)NNC(=O)c1ccccc1OCc1ccccc1)c1ccccc1Cl. The number of rotatable bonds is 5. The Hall–Kier alpha value is -3.42. The van der Waals surface area contributed by atoms with Crippen molar-refractivity contribution in [3.63, 3.8) is 0 Å². The Labute approximate surface area is 184 Å². The lowest BCUT2D eigenvalue weighted by atomic mass is 10.2. The van der Waals surface area contributed by atoms with Crippen molar-refractivity contribution in [3.8, 4) is 5.75 Å². The first-order valence-corrected chi connectivity index (χ1v) is 9.75. The minimum atomic E-state index is -0.487. The third-order valence-electron chi connectivity index (χ3n) is 4.00. The van der Waals surface area contributed by atoms with Crippen molar-refractivity contribution < 1.29 is 14.3 Å². The van der Waals surface area contributed by atoms with Crippen LogP contribution >= 0.6 is 23.8 Å². The van der Waals surface area contributed by atoms with Gasteiger partial charge in [0.05, 0.1) is 16.1 Å². The molecule has 0 aliphatic heterocycles. The highest BCUT2D eigenvalue weighted by Crippen LogP contribution is 2.19. The van der Waals surface area contributed by atoms with Gasteiger partial charge < -0.3 is 4.74 Å². The molecule has 3 N–H and O–H groups in total. The fourth-order valence-corrected chi connectivity index (χ4v) is 2.91. The van der Waals surface area contributed by atoms with Crippen molar-refractivity contribution in [2.24, 2.45) is 0 Å². The molecule has 30 heavy (non-hydrogen) atoms. The van der Waals surface area contributed by atoms with Gasteiger partial charge in [0.25, 0.3) is 11.8 Å². The molecule has 3 aromatic rings. The lowest BCUT2D eigenvalue weighted by Gasteiger charge is -2.14. The Bertz CT molecular complexity index is 1060. The second kappa shape index (κ2) is 10.4. The van der Waals surface area contributed by atoms with E-state index in [1.165, 1.54) is 0 Å². The van der Waals surface area contributed by atoms with Crippen molar-refractivity contribution >= 4 is 40.7 Å². The van der Waals surface area contributed by atoms with Crippen LogP contribution in [0.4, 0.5) is 0 Å². The Morgan fingerprint density at radius 2 is 1.43 bits per heavy atom. The Morgan fingerprint density at radius 1 is 0.800 bits per heavy atom. The Balaban J connectivity index is 1.56. The number of thiocarbonyl (C=S) groups is 1. The number of amides is 2. The molecule has 0 bridgehead atoms. The number of halogens is 1. The summed E-state index contributed by atoms with van der Waals surface area (Å²) in [5.41, 5.74) is 6.53. The molecule has 0 saturated carbocycles. The van der Waals surface area contributed by atoms with Crippen LogP contribution in [-0.2, 0) is 6.61 Å². The molecule has 0 saturated heterocycles. The van der Waals surface area contributed by atoms with E-state index in [2.05, 4.69) is 16.2 Å². The molecule has 0 aliphatic carbocycles. The number of benzene rings is 3. The van der Waals surface area contributed by atoms with Gasteiger partial charge in [0.1, 0.15) is 12.4 Å². The fraction of sp³-hybridized carbons (Fsp3) is 0.0455. The molecular formula is C22H18ClN3O3S. The summed E-state index contributed by atoms with van der Waals surface area (Å²) in [6.07, 6.45) is 0. The normalized spacial score (nSPS) is 10.0. The van der Waals surface area contributed by atoms with E-state index in [1.807, 2.05) is 30.3 Å². The molecule has 0 spiro atoms. The molecule has 152 valence electrons. The maximum atomic E-state index is 12.5. The number of nitrogens with one attached hydrogen (secondary N) is 3. The first-order valence-electron chi connectivity index (χ1n) is 8.96. The molecule has 0 atom stereocenters. The van der Waals surface area contributed by atoms with E-state index in [9.17, 15) is 9.59 Å². The van der Waals surface area contributed by atoms with Gasteiger partial charge in [0, 0.05) is 0 Å². The van der Waals surface area contributed by atoms with Crippen LogP contribution in [0.1, 0.15) is 26.3 Å². The summed E-state index contributed by atoms with van der Waals surface area (Å²) in [6, 6.07) is 23.0. The van der Waals surface area contributed by atoms with Gasteiger partial charge in [-0.2, -0.15) is 0 Å². The maximum Gasteiger partial charge on any atom is 0.273 e. The van der Waals surface area contributed by atoms with Gasteiger partial charge in [0.2, 0.25) is 0 Å². The molecule has 3 aromatic carbocycles. The van der Waals surface area contributed by atoms with E-state index in [1.54, 1.807) is 48.5 Å². The average Bonchev–Trinajstić information content (AvgIpc) is 2.77. The number of hydrogen-bond donors (Lipinski definition) is 3. The summed E-state index contributed by atoms with van der Waals surface area (Å²) in [4.78, 5) is 24.8. The molecule has 0 aliphatic rings. The van der Waals surface area contributed by atoms with E-state index in [0.717, 1.165) is 5.56 Å². The first-order chi connectivity index (χ1) is 14.5. The number of para-hydroxylation sites is 1. The third-order valence-corrected chi connectivity index (χ3v) is 4.54. The molecule has 0 fully saturated rings. The van der Waals surface area contributed by atoms with Gasteiger partial charge in [-0.05, 0) is 42.0 Å². The van der Waals surface area contributed by atoms with Crippen LogP contribution in [0.5, 0.6) is 5.75 Å². The van der Waals surface area contributed by atoms with Crippen molar-refractivity contribution in [3.05, 3.63) is 101 Å². The second-order valence-electron chi connectivity index (χ2n) is 6.11. The molecule has 0 radical (unpaired) electrons. The lowest BCUT2D eigenvalue weighted by Crippen LogP contribution is -2.48. The predicted octanol–water partition coefficient (Wildman–Crippen LogP) is 3.87. The van der Waals surface area contributed by atoms with Gasteiger partial charge >= 0.3 is 0 Å². The maximum absolute atomic E-state index is 12.5. The average molecular weight is 440 g/mol. The number of carbonyl (C=O) groups is 2. The highest BCUT2D eigenvalue weighted by molar-refractivity contribution is 7.80. The van der Waals surface area contributed by atoms with Crippen LogP contribution in [0.3, 0.4) is 0 Å². The zero-order chi connectivity index (χ0) is 21.3. The smallest absolute Gasteiger partial charge is 0.273 e. The summed E-state index contributed by atoms with van der Waals surface area (Å²) >= 11 is 11.1. The molecule has 8 heteroatoms. The lowest BCUT2D eigenvalue weighted by molar-refractivity contribution is 0.0930. The van der Waals surface area contributed by atoms with Crippen molar-refractivity contribution in [2.45, 2.75) is 6.61 Å². The number of carbonyl (C=O) groups excluding carboxylic acids is 2.